The molecule has 0 spiro atoms. The number of nitrogens with one attached hydrogen (secondary N) is 2. The van der Waals surface area contributed by atoms with E-state index in [1.54, 1.807) is 47.0 Å². The van der Waals surface area contributed by atoms with Crippen LogP contribution in [0.5, 0.6) is 0 Å². The van der Waals surface area contributed by atoms with Crippen LogP contribution in [0.1, 0.15) is 5.82 Å². The second kappa shape index (κ2) is 11.8. The number of nitrogens with zero attached hydrogens (tertiary/aromatic N) is 3. The Morgan fingerprint density at radius 1 is 0.939 bits per heavy atom. The molecule has 1 heterocycles. The normalized spacial score (nSPS) is 10.7. The van der Waals surface area contributed by atoms with Gasteiger partial charge in [0.05, 0.1) is 43.6 Å². The minimum Gasteiger partial charge on any atom is -0.324 e. The van der Waals surface area contributed by atoms with Gasteiger partial charge in [0.2, 0.25) is 11.8 Å². The van der Waals surface area contributed by atoms with Gasteiger partial charge in [-0.15, -0.1) is 16.8 Å². The number of hydrogen-bond donors (Lipinski definition) is 2. The van der Waals surface area contributed by atoms with Gasteiger partial charge in [0, 0.05) is 6.54 Å². The molecule has 12 heteroatoms. The lowest BCUT2D eigenvalue weighted by Crippen LogP contribution is -2.18. The van der Waals surface area contributed by atoms with E-state index in [1.165, 1.54) is 0 Å². The Balaban J connectivity index is 1.65. The average Bonchev–Trinajstić information content (AvgIpc) is 3.14. The Hall–Kier alpha value is -2.23. The smallest absolute Gasteiger partial charge is 0.234 e. The zero-order valence-electron chi connectivity index (χ0n) is 16.9. The molecule has 0 aliphatic carbocycles. The van der Waals surface area contributed by atoms with Gasteiger partial charge < -0.3 is 15.2 Å². The number of benzene rings is 2. The summed E-state index contributed by atoms with van der Waals surface area (Å²) in [4.78, 5) is 24.9. The van der Waals surface area contributed by atoms with Gasteiger partial charge in [0.25, 0.3) is 0 Å². The van der Waals surface area contributed by atoms with E-state index in [0.717, 1.165) is 11.8 Å². The van der Waals surface area contributed by atoms with Crippen LogP contribution in [0.25, 0.3) is 0 Å². The zero-order chi connectivity index (χ0) is 24.0. The van der Waals surface area contributed by atoms with Crippen molar-refractivity contribution in [3.63, 3.8) is 0 Å². The molecule has 172 valence electrons. The van der Waals surface area contributed by atoms with Crippen molar-refractivity contribution in [1.29, 1.82) is 0 Å². The van der Waals surface area contributed by atoms with Crippen LogP contribution in [0.4, 0.5) is 11.4 Å². The van der Waals surface area contributed by atoms with Crippen LogP contribution in [0, 0.1) is 0 Å². The van der Waals surface area contributed by atoms with Gasteiger partial charge >= 0.3 is 0 Å². The predicted molar refractivity (Wildman–Crippen MR) is 135 cm³/mol. The van der Waals surface area contributed by atoms with Crippen molar-refractivity contribution >= 4 is 81.4 Å². The number of thioether (sulfide) groups is 1. The van der Waals surface area contributed by atoms with Crippen molar-refractivity contribution < 1.29 is 9.59 Å². The summed E-state index contributed by atoms with van der Waals surface area (Å²) in [5.41, 5.74) is 0.814. The van der Waals surface area contributed by atoms with Crippen LogP contribution in [0.15, 0.2) is 54.2 Å². The number of carbonyl (C=O) groups is 2. The summed E-state index contributed by atoms with van der Waals surface area (Å²) in [7, 11) is 0. The minimum atomic E-state index is -0.346. The first-order valence-corrected chi connectivity index (χ1v) is 11.9. The fraction of sp³-hybridized carbons (Fsp3) is 0.143. The summed E-state index contributed by atoms with van der Waals surface area (Å²) in [6.07, 6.45) is 1.59. The van der Waals surface area contributed by atoms with Crippen LogP contribution >= 0.6 is 58.2 Å². The molecule has 2 amide bonds. The minimum absolute atomic E-state index is 0.0441. The standard InChI is InChI=1S/C21H17Cl4N5O2S/c1-2-9-30-16(10-17(31)26-14-7-3-5-12(22)19(14)24)28-29-21(30)33-11-18(32)27-15-8-4-6-13(23)20(15)25/h2-8H,1,9-11H2,(H,26,31)(H,27,32). The van der Waals surface area contributed by atoms with Gasteiger partial charge in [-0.3, -0.25) is 9.59 Å². The summed E-state index contributed by atoms with van der Waals surface area (Å²) >= 11 is 25.3. The second-order valence-corrected chi connectivity index (χ2v) is 9.08. The Kier molecular flexibility index (Phi) is 9.05. The SMILES string of the molecule is C=CCn1c(CC(=O)Nc2cccc(Cl)c2Cl)nnc1SCC(=O)Nc1cccc(Cl)c1Cl. The largest absolute Gasteiger partial charge is 0.324 e. The molecule has 2 aromatic carbocycles. The quantitative estimate of drug-likeness (QED) is 0.255. The highest BCUT2D eigenvalue weighted by molar-refractivity contribution is 7.99. The second-order valence-electron chi connectivity index (χ2n) is 6.56. The van der Waals surface area contributed by atoms with Crippen molar-refractivity contribution in [2.75, 3.05) is 16.4 Å². The number of anilines is 2. The van der Waals surface area contributed by atoms with E-state index < -0.39 is 0 Å². The maximum absolute atomic E-state index is 12.5. The first-order chi connectivity index (χ1) is 15.8. The lowest BCUT2D eigenvalue weighted by molar-refractivity contribution is -0.116. The number of halogens is 4. The molecule has 3 rings (SSSR count). The number of carbonyl (C=O) groups excluding carboxylic acids is 2. The maximum atomic E-state index is 12.5. The molecule has 0 fully saturated rings. The van der Waals surface area contributed by atoms with E-state index in [0.29, 0.717) is 38.9 Å². The van der Waals surface area contributed by atoms with E-state index >= 15 is 0 Å². The van der Waals surface area contributed by atoms with Crippen molar-refractivity contribution in [3.05, 3.63) is 75.0 Å². The van der Waals surface area contributed by atoms with Crippen molar-refractivity contribution in [1.82, 2.24) is 14.8 Å². The van der Waals surface area contributed by atoms with E-state index in [-0.39, 0.29) is 34.0 Å². The monoisotopic (exact) mass is 543 g/mol. The number of aromatic nitrogens is 3. The molecule has 0 atom stereocenters. The van der Waals surface area contributed by atoms with Crippen molar-refractivity contribution in [2.45, 2.75) is 18.1 Å². The Labute approximate surface area is 214 Å². The molecule has 0 unspecified atom stereocenters. The topological polar surface area (TPSA) is 88.9 Å². The molecule has 0 saturated carbocycles. The van der Waals surface area contributed by atoms with E-state index in [9.17, 15) is 9.59 Å². The highest BCUT2D eigenvalue weighted by Gasteiger charge is 2.18. The summed E-state index contributed by atoms with van der Waals surface area (Å²) in [6, 6.07) is 9.92. The third-order valence-corrected chi connectivity index (χ3v) is 6.81. The first-order valence-electron chi connectivity index (χ1n) is 9.43. The van der Waals surface area contributed by atoms with E-state index in [4.69, 9.17) is 46.4 Å². The van der Waals surface area contributed by atoms with Crippen LogP contribution < -0.4 is 10.6 Å². The Morgan fingerprint density at radius 3 is 2.09 bits per heavy atom. The first kappa shape index (κ1) is 25.4. The van der Waals surface area contributed by atoms with Gasteiger partial charge in [-0.1, -0.05) is 76.4 Å². The third kappa shape index (κ3) is 6.65. The van der Waals surface area contributed by atoms with Gasteiger partial charge in [-0.2, -0.15) is 0 Å². The number of amides is 2. The molecule has 0 aliphatic rings. The summed E-state index contributed by atoms with van der Waals surface area (Å²) in [5, 5.41) is 15.3. The van der Waals surface area contributed by atoms with Crippen LogP contribution in [-0.2, 0) is 22.6 Å². The molecular formula is C21H17Cl4N5O2S. The lowest BCUT2D eigenvalue weighted by Gasteiger charge is -2.10. The molecule has 33 heavy (non-hydrogen) atoms. The van der Waals surface area contributed by atoms with Crippen LogP contribution in [0.2, 0.25) is 20.1 Å². The Morgan fingerprint density at radius 2 is 1.52 bits per heavy atom. The third-order valence-electron chi connectivity index (χ3n) is 4.21. The summed E-state index contributed by atoms with van der Waals surface area (Å²) < 4.78 is 1.70. The zero-order valence-corrected chi connectivity index (χ0v) is 20.8. The number of hydrogen-bond acceptors (Lipinski definition) is 5. The molecule has 1 aromatic heterocycles. The molecule has 7 nitrogen and oxygen atoms in total. The number of allylic oxidation sites excluding steroid dienone is 1. The maximum Gasteiger partial charge on any atom is 0.234 e. The fourth-order valence-electron chi connectivity index (χ4n) is 2.72. The fourth-order valence-corrected chi connectivity index (χ4v) is 4.19. The van der Waals surface area contributed by atoms with Gasteiger partial charge in [-0.25, -0.2) is 0 Å². The van der Waals surface area contributed by atoms with Crippen molar-refractivity contribution in [3.8, 4) is 0 Å². The lowest BCUT2D eigenvalue weighted by atomic mass is 10.3. The molecule has 0 bridgehead atoms. The van der Waals surface area contributed by atoms with Crippen LogP contribution in [0.3, 0.4) is 0 Å². The van der Waals surface area contributed by atoms with E-state index in [2.05, 4.69) is 27.4 Å². The molecular weight excluding hydrogens is 528 g/mol. The van der Waals surface area contributed by atoms with Crippen molar-refractivity contribution in [2.24, 2.45) is 0 Å². The van der Waals surface area contributed by atoms with Gasteiger partial charge in [0.15, 0.2) is 5.16 Å². The molecule has 2 N–H and O–H groups in total. The summed E-state index contributed by atoms with van der Waals surface area (Å²) in [6.45, 7) is 4.09. The van der Waals surface area contributed by atoms with Gasteiger partial charge in [0.1, 0.15) is 5.82 Å². The average molecular weight is 545 g/mol. The molecule has 0 saturated heterocycles. The van der Waals surface area contributed by atoms with E-state index in [1.807, 2.05) is 0 Å². The highest BCUT2D eigenvalue weighted by atomic mass is 35.5. The number of rotatable bonds is 9. The van der Waals surface area contributed by atoms with Gasteiger partial charge in [-0.05, 0) is 24.3 Å². The Bertz CT molecular complexity index is 1200. The summed E-state index contributed by atoms with van der Waals surface area (Å²) in [5.74, 6) is -0.192. The van der Waals surface area contributed by atoms with Crippen LogP contribution in [-0.4, -0.2) is 32.3 Å². The highest BCUT2D eigenvalue weighted by Crippen LogP contribution is 2.31. The molecule has 3 aromatic rings. The predicted octanol–water partition coefficient (Wildman–Crippen LogP) is 5.99. The molecule has 0 radical (unpaired) electrons. The molecule has 0 aliphatic heterocycles.